The van der Waals surface area contributed by atoms with Gasteiger partial charge in [0.05, 0.1) is 5.56 Å². The third kappa shape index (κ3) is 4.70. The maximum absolute atomic E-state index is 12.6. The van der Waals surface area contributed by atoms with Gasteiger partial charge in [-0.05, 0) is 55.8 Å². The molecule has 0 aliphatic carbocycles. The third-order valence-corrected chi connectivity index (χ3v) is 4.26. The van der Waals surface area contributed by atoms with Crippen LogP contribution < -0.4 is 0 Å². The van der Waals surface area contributed by atoms with Gasteiger partial charge in [-0.15, -0.1) is 0 Å². The zero-order chi connectivity index (χ0) is 17.2. The molecule has 0 saturated carbocycles. The van der Waals surface area contributed by atoms with Crippen molar-refractivity contribution in [3.63, 3.8) is 0 Å². The van der Waals surface area contributed by atoms with Crippen LogP contribution in [0, 0.1) is 6.92 Å². The van der Waals surface area contributed by atoms with Crippen LogP contribution in [0.3, 0.4) is 0 Å². The second-order valence-electron chi connectivity index (χ2n) is 6.74. The molecule has 126 valence electrons. The average Bonchev–Trinajstić information content (AvgIpc) is 2.47. The van der Waals surface area contributed by atoms with E-state index in [0.717, 1.165) is 10.0 Å². The molecule has 1 aromatic carbocycles. The van der Waals surface area contributed by atoms with Crippen molar-refractivity contribution >= 4 is 27.9 Å². The molecule has 6 heteroatoms. The van der Waals surface area contributed by atoms with Crippen molar-refractivity contribution in [2.45, 2.75) is 33.3 Å². The molecule has 2 amide bonds. The van der Waals surface area contributed by atoms with E-state index in [0.29, 0.717) is 31.7 Å². The second-order valence-corrected chi connectivity index (χ2v) is 7.60. The Hall–Kier alpha value is -1.56. The first-order valence-corrected chi connectivity index (χ1v) is 8.50. The fourth-order valence-electron chi connectivity index (χ4n) is 2.39. The van der Waals surface area contributed by atoms with Crippen LogP contribution in [-0.2, 0) is 4.74 Å². The maximum atomic E-state index is 12.6. The van der Waals surface area contributed by atoms with Crippen molar-refractivity contribution in [1.29, 1.82) is 0 Å². The molecule has 0 aromatic heterocycles. The molecule has 1 saturated heterocycles. The van der Waals surface area contributed by atoms with Gasteiger partial charge in [0.2, 0.25) is 0 Å². The molecule has 1 aliphatic rings. The molecule has 0 N–H and O–H groups in total. The van der Waals surface area contributed by atoms with E-state index in [9.17, 15) is 9.59 Å². The highest BCUT2D eigenvalue weighted by Gasteiger charge is 2.28. The molecule has 23 heavy (non-hydrogen) atoms. The van der Waals surface area contributed by atoms with Crippen LogP contribution in [0.25, 0.3) is 0 Å². The summed E-state index contributed by atoms with van der Waals surface area (Å²) in [6.07, 6.45) is -0.318. The Morgan fingerprint density at radius 1 is 1.09 bits per heavy atom. The number of hydrogen-bond acceptors (Lipinski definition) is 3. The highest BCUT2D eigenvalue weighted by Crippen LogP contribution is 2.21. The van der Waals surface area contributed by atoms with E-state index in [4.69, 9.17) is 4.74 Å². The van der Waals surface area contributed by atoms with Gasteiger partial charge in [0, 0.05) is 30.7 Å². The molecule has 1 aromatic rings. The van der Waals surface area contributed by atoms with Crippen LogP contribution >= 0.6 is 15.9 Å². The summed E-state index contributed by atoms with van der Waals surface area (Å²) in [6.45, 7) is 9.51. The zero-order valence-corrected chi connectivity index (χ0v) is 15.6. The molecule has 1 fully saturated rings. The smallest absolute Gasteiger partial charge is 0.410 e. The zero-order valence-electron chi connectivity index (χ0n) is 14.1. The van der Waals surface area contributed by atoms with Crippen molar-refractivity contribution < 1.29 is 14.3 Å². The minimum absolute atomic E-state index is 0.00980. The highest BCUT2D eigenvalue weighted by molar-refractivity contribution is 9.10. The van der Waals surface area contributed by atoms with Gasteiger partial charge in [-0.1, -0.05) is 11.6 Å². The van der Waals surface area contributed by atoms with Crippen LogP contribution in [-0.4, -0.2) is 53.6 Å². The number of rotatable bonds is 1. The molecule has 1 aliphatic heterocycles. The van der Waals surface area contributed by atoms with E-state index in [2.05, 4.69) is 15.9 Å². The number of hydrogen-bond donors (Lipinski definition) is 0. The van der Waals surface area contributed by atoms with Crippen LogP contribution in [0.4, 0.5) is 4.79 Å². The summed E-state index contributed by atoms with van der Waals surface area (Å²) >= 11 is 3.43. The molecule has 0 unspecified atom stereocenters. The molecule has 5 nitrogen and oxygen atoms in total. The lowest BCUT2D eigenvalue weighted by molar-refractivity contribution is 0.0141. The minimum atomic E-state index is -0.504. The van der Waals surface area contributed by atoms with E-state index >= 15 is 0 Å². The first kappa shape index (κ1) is 17.8. The Morgan fingerprint density at radius 3 is 2.22 bits per heavy atom. The molecule has 2 rings (SSSR count). The Bertz CT molecular complexity index is 602. The van der Waals surface area contributed by atoms with E-state index in [1.54, 1.807) is 9.80 Å². The van der Waals surface area contributed by atoms with Gasteiger partial charge in [-0.3, -0.25) is 4.79 Å². The summed E-state index contributed by atoms with van der Waals surface area (Å²) in [7, 11) is 0. The monoisotopic (exact) mass is 382 g/mol. The first-order chi connectivity index (χ1) is 10.7. The van der Waals surface area contributed by atoms with Crippen molar-refractivity contribution in [1.82, 2.24) is 9.80 Å². The summed E-state index contributed by atoms with van der Waals surface area (Å²) in [5, 5.41) is 0. The second kappa shape index (κ2) is 6.91. The summed E-state index contributed by atoms with van der Waals surface area (Å²) in [4.78, 5) is 28.1. The van der Waals surface area contributed by atoms with Gasteiger partial charge in [0.25, 0.3) is 5.91 Å². The summed E-state index contributed by atoms with van der Waals surface area (Å²) < 4.78 is 6.16. The summed E-state index contributed by atoms with van der Waals surface area (Å²) in [5.74, 6) is -0.00980. The molecule has 0 atom stereocenters. The Balaban J connectivity index is 1.97. The first-order valence-electron chi connectivity index (χ1n) is 7.71. The molecular formula is C17H23BrN2O3. The lowest BCUT2D eigenvalue weighted by Gasteiger charge is -2.35. The molecule has 0 radical (unpaired) electrons. The van der Waals surface area contributed by atoms with E-state index < -0.39 is 5.60 Å². The fraction of sp³-hybridized carbons (Fsp3) is 0.529. The topological polar surface area (TPSA) is 49.9 Å². The van der Waals surface area contributed by atoms with Crippen LogP contribution in [0.1, 0.15) is 36.7 Å². The summed E-state index contributed by atoms with van der Waals surface area (Å²) in [5.41, 5.74) is 1.20. The SMILES string of the molecule is Cc1ccc(Br)c(C(=O)N2CCN(C(=O)OC(C)(C)C)CC2)c1. The number of halogens is 1. The van der Waals surface area contributed by atoms with Crippen molar-refractivity contribution in [3.8, 4) is 0 Å². The van der Waals surface area contributed by atoms with Gasteiger partial charge in [0.1, 0.15) is 5.60 Å². The van der Waals surface area contributed by atoms with Gasteiger partial charge in [-0.2, -0.15) is 0 Å². The normalized spacial score (nSPS) is 15.5. The molecule has 0 spiro atoms. The minimum Gasteiger partial charge on any atom is -0.444 e. The van der Waals surface area contributed by atoms with Crippen LogP contribution in [0.2, 0.25) is 0 Å². The third-order valence-electron chi connectivity index (χ3n) is 3.57. The van der Waals surface area contributed by atoms with E-state index in [1.165, 1.54) is 0 Å². The van der Waals surface area contributed by atoms with Gasteiger partial charge < -0.3 is 14.5 Å². The van der Waals surface area contributed by atoms with E-state index in [1.807, 2.05) is 45.9 Å². The number of amides is 2. The van der Waals surface area contributed by atoms with Crippen LogP contribution in [0.5, 0.6) is 0 Å². The number of aryl methyl sites for hydroxylation is 1. The predicted octanol–water partition coefficient (Wildman–Crippen LogP) is 3.45. The molecule has 1 heterocycles. The average molecular weight is 383 g/mol. The summed E-state index contributed by atoms with van der Waals surface area (Å²) in [6, 6.07) is 5.73. The number of carbonyl (C=O) groups is 2. The lowest BCUT2D eigenvalue weighted by atomic mass is 10.1. The molecular weight excluding hydrogens is 360 g/mol. The lowest BCUT2D eigenvalue weighted by Crippen LogP contribution is -2.51. The number of carbonyl (C=O) groups excluding carboxylic acids is 2. The molecule has 0 bridgehead atoms. The number of ether oxygens (including phenoxy) is 1. The number of benzene rings is 1. The Morgan fingerprint density at radius 2 is 1.65 bits per heavy atom. The van der Waals surface area contributed by atoms with Crippen molar-refractivity contribution in [2.75, 3.05) is 26.2 Å². The number of nitrogens with zero attached hydrogens (tertiary/aromatic N) is 2. The quantitative estimate of drug-likeness (QED) is 0.747. The van der Waals surface area contributed by atoms with Gasteiger partial charge >= 0.3 is 6.09 Å². The van der Waals surface area contributed by atoms with Crippen molar-refractivity contribution in [3.05, 3.63) is 33.8 Å². The van der Waals surface area contributed by atoms with Gasteiger partial charge in [-0.25, -0.2) is 4.79 Å². The largest absolute Gasteiger partial charge is 0.444 e. The van der Waals surface area contributed by atoms with Gasteiger partial charge in [0.15, 0.2) is 0 Å². The standard InChI is InChI=1S/C17H23BrN2O3/c1-12-5-6-14(18)13(11-12)15(21)19-7-9-20(10-8-19)16(22)23-17(2,3)4/h5-6,11H,7-10H2,1-4H3. The predicted molar refractivity (Wildman–Crippen MR) is 92.6 cm³/mol. The number of piperazine rings is 1. The van der Waals surface area contributed by atoms with Crippen molar-refractivity contribution in [2.24, 2.45) is 0 Å². The Labute approximate surface area is 145 Å². The van der Waals surface area contributed by atoms with Crippen LogP contribution in [0.15, 0.2) is 22.7 Å². The fourth-order valence-corrected chi connectivity index (χ4v) is 2.81. The Kier molecular flexibility index (Phi) is 5.34. The van der Waals surface area contributed by atoms with E-state index in [-0.39, 0.29) is 12.0 Å². The highest BCUT2D eigenvalue weighted by atomic mass is 79.9. The maximum Gasteiger partial charge on any atom is 0.410 e.